The molecular weight excluding hydrogens is 262 g/mol. The van der Waals surface area contributed by atoms with Crippen LogP contribution in [0.4, 0.5) is 0 Å². The first-order valence-electron chi connectivity index (χ1n) is 8.82. The lowest BCUT2D eigenvalue weighted by atomic mass is 9.80. The number of likely N-dealkylation sites (N-methyl/N-ethyl adjacent to an activating group) is 1. The van der Waals surface area contributed by atoms with Gasteiger partial charge in [-0.25, -0.2) is 0 Å². The van der Waals surface area contributed by atoms with Crippen LogP contribution in [0.2, 0.25) is 0 Å². The van der Waals surface area contributed by atoms with Crippen molar-refractivity contribution in [2.45, 2.75) is 82.6 Å². The van der Waals surface area contributed by atoms with Crippen molar-refractivity contribution in [2.24, 2.45) is 5.92 Å². The van der Waals surface area contributed by atoms with Gasteiger partial charge >= 0.3 is 0 Å². The van der Waals surface area contributed by atoms with Crippen molar-refractivity contribution in [1.29, 1.82) is 0 Å². The molecule has 2 atom stereocenters. The number of aromatic nitrogens is 2. The maximum Gasteiger partial charge on any atom is 0.231 e. The van der Waals surface area contributed by atoms with Crippen molar-refractivity contribution >= 4 is 0 Å². The van der Waals surface area contributed by atoms with Crippen LogP contribution in [0, 0.1) is 5.92 Å². The van der Waals surface area contributed by atoms with E-state index in [9.17, 15) is 0 Å². The number of hydrogen-bond acceptors (Lipinski definition) is 4. The zero-order valence-electron chi connectivity index (χ0n) is 13.5. The van der Waals surface area contributed by atoms with Gasteiger partial charge in [0.05, 0.1) is 5.92 Å². The quantitative estimate of drug-likeness (QED) is 0.891. The van der Waals surface area contributed by atoms with Crippen molar-refractivity contribution in [1.82, 2.24) is 15.5 Å². The molecule has 2 aliphatic rings. The van der Waals surface area contributed by atoms with Crippen LogP contribution in [0.15, 0.2) is 4.52 Å². The topological polar surface area (TPSA) is 51.0 Å². The van der Waals surface area contributed by atoms with Crippen LogP contribution >= 0.6 is 0 Å². The third kappa shape index (κ3) is 3.31. The van der Waals surface area contributed by atoms with Gasteiger partial charge in [-0.15, -0.1) is 0 Å². The molecule has 118 valence electrons. The van der Waals surface area contributed by atoms with Crippen molar-refractivity contribution in [3.05, 3.63) is 11.7 Å². The number of nitrogens with one attached hydrogen (secondary N) is 1. The average molecular weight is 291 g/mol. The molecule has 2 fully saturated rings. The fraction of sp³-hybridized carbons (Fsp3) is 0.882. The minimum Gasteiger partial charge on any atom is -0.339 e. The Morgan fingerprint density at radius 2 is 1.95 bits per heavy atom. The Morgan fingerprint density at radius 1 is 1.14 bits per heavy atom. The summed E-state index contributed by atoms with van der Waals surface area (Å²) in [7, 11) is 2.04. The Kier molecular flexibility index (Phi) is 4.94. The van der Waals surface area contributed by atoms with Gasteiger partial charge in [-0.05, 0) is 51.5 Å². The van der Waals surface area contributed by atoms with E-state index in [-0.39, 0.29) is 0 Å². The molecule has 1 aromatic heterocycles. The van der Waals surface area contributed by atoms with Crippen LogP contribution in [0.5, 0.6) is 0 Å². The van der Waals surface area contributed by atoms with Crippen LogP contribution in [0.1, 0.15) is 88.3 Å². The highest BCUT2D eigenvalue weighted by molar-refractivity contribution is 5.05. The summed E-state index contributed by atoms with van der Waals surface area (Å²) in [6.45, 7) is 2.29. The minimum atomic E-state index is 0.424. The maximum absolute atomic E-state index is 5.61. The summed E-state index contributed by atoms with van der Waals surface area (Å²) in [6.07, 6.45) is 11.5. The fourth-order valence-electron chi connectivity index (χ4n) is 4.28. The molecule has 21 heavy (non-hydrogen) atoms. The molecule has 0 radical (unpaired) electrons. The highest BCUT2D eigenvalue weighted by atomic mass is 16.5. The molecule has 2 saturated carbocycles. The molecule has 0 bridgehead atoms. The Balaban J connectivity index is 1.60. The van der Waals surface area contributed by atoms with Crippen molar-refractivity contribution < 1.29 is 4.52 Å². The molecule has 0 aliphatic heterocycles. The Labute approximate surface area is 128 Å². The van der Waals surface area contributed by atoms with E-state index in [4.69, 9.17) is 9.51 Å². The largest absolute Gasteiger partial charge is 0.339 e. The molecule has 0 aromatic carbocycles. The summed E-state index contributed by atoms with van der Waals surface area (Å²) in [5, 5.41) is 7.70. The van der Waals surface area contributed by atoms with E-state index in [0.717, 1.165) is 17.6 Å². The number of rotatable bonds is 5. The van der Waals surface area contributed by atoms with Gasteiger partial charge in [0, 0.05) is 12.0 Å². The summed E-state index contributed by atoms with van der Waals surface area (Å²) in [6, 6.07) is 0.513. The van der Waals surface area contributed by atoms with E-state index < -0.39 is 0 Å². The molecule has 4 heteroatoms. The van der Waals surface area contributed by atoms with Gasteiger partial charge in [-0.3, -0.25) is 0 Å². The van der Waals surface area contributed by atoms with Crippen LogP contribution in [0.3, 0.4) is 0 Å². The first kappa shape index (κ1) is 15.0. The predicted octanol–water partition coefficient (Wildman–Crippen LogP) is 4.00. The van der Waals surface area contributed by atoms with Gasteiger partial charge in [0.15, 0.2) is 5.82 Å². The standard InChI is InChI=1S/C17H29N3O/c1-3-5-12-8-10-13(11-9-12)16-19-17(21-20-16)14-6-4-7-15(14)18-2/h12-15,18H,3-11H2,1-2H3. The van der Waals surface area contributed by atoms with Gasteiger partial charge in [0.25, 0.3) is 0 Å². The molecular formula is C17H29N3O. The van der Waals surface area contributed by atoms with Gasteiger partial charge in [0.2, 0.25) is 5.89 Å². The summed E-state index contributed by atoms with van der Waals surface area (Å²) in [4.78, 5) is 4.77. The first-order chi connectivity index (χ1) is 10.3. The molecule has 1 heterocycles. The third-order valence-electron chi connectivity index (χ3n) is 5.57. The fourth-order valence-corrected chi connectivity index (χ4v) is 4.28. The van der Waals surface area contributed by atoms with Crippen LogP contribution in [-0.2, 0) is 0 Å². The van der Waals surface area contributed by atoms with Crippen molar-refractivity contribution in [2.75, 3.05) is 7.05 Å². The second-order valence-corrected chi connectivity index (χ2v) is 6.93. The zero-order valence-corrected chi connectivity index (χ0v) is 13.5. The molecule has 4 nitrogen and oxygen atoms in total. The molecule has 2 aliphatic carbocycles. The molecule has 0 saturated heterocycles. The van der Waals surface area contributed by atoms with E-state index in [1.165, 1.54) is 57.8 Å². The van der Waals surface area contributed by atoms with Crippen LogP contribution < -0.4 is 5.32 Å². The average Bonchev–Trinajstić information content (AvgIpc) is 3.17. The van der Waals surface area contributed by atoms with E-state index in [1.54, 1.807) is 0 Å². The molecule has 3 rings (SSSR count). The zero-order chi connectivity index (χ0) is 14.7. The third-order valence-corrected chi connectivity index (χ3v) is 5.57. The second-order valence-electron chi connectivity index (χ2n) is 6.93. The smallest absolute Gasteiger partial charge is 0.231 e. The number of hydrogen-bond donors (Lipinski definition) is 1. The first-order valence-corrected chi connectivity index (χ1v) is 8.82. The van der Waals surface area contributed by atoms with Crippen molar-refractivity contribution in [3.8, 4) is 0 Å². The normalized spacial score (nSPS) is 33.4. The van der Waals surface area contributed by atoms with E-state index in [2.05, 4.69) is 17.4 Å². The summed E-state index contributed by atoms with van der Waals surface area (Å²) >= 11 is 0. The lowest BCUT2D eigenvalue weighted by Gasteiger charge is -2.26. The van der Waals surface area contributed by atoms with Gasteiger partial charge in [-0.2, -0.15) is 4.98 Å². The second kappa shape index (κ2) is 6.91. The summed E-state index contributed by atoms with van der Waals surface area (Å²) < 4.78 is 5.61. The highest BCUT2D eigenvalue weighted by Gasteiger charge is 2.33. The van der Waals surface area contributed by atoms with Gasteiger partial charge < -0.3 is 9.84 Å². The number of nitrogens with zero attached hydrogens (tertiary/aromatic N) is 2. The monoisotopic (exact) mass is 291 g/mol. The van der Waals surface area contributed by atoms with E-state index in [1.807, 2.05) is 7.05 Å². The van der Waals surface area contributed by atoms with Gasteiger partial charge in [0.1, 0.15) is 0 Å². The lowest BCUT2D eigenvalue weighted by molar-refractivity contribution is 0.292. The Bertz CT molecular complexity index is 437. The molecule has 0 spiro atoms. The van der Waals surface area contributed by atoms with Crippen LogP contribution in [0.25, 0.3) is 0 Å². The molecule has 2 unspecified atom stereocenters. The van der Waals surface area contributed by atoms with Crippen molar-refractivity contribution in [3.63, 3.8) is 0 Å². The van der Waals surface area contributed by atoms with Crippen LogP contribution in [-0.4, -0.2) is 23.2 Å². The Hall–Kier alpha value is -0.900. The van der Waals surface area contributed by atoms with E-state index in [0.29, 0.717) is 17.9 Å². The maximum atomic E-state index is 5.61. The Morgan fingerprint density at radius 3 is 2.67 bits per heavy atom. The lowest BCUT2D eigenvalue weighted by Crippen LogP contribution is -2.27. The summed E-state index contributed by atoms with van der Waals surface area (Å²) in [5.74, 6) is 3.73. The SMILES string of the molecule is CCCC1CCC(c2noc(C3CCCC3NC)n2)CC1. The molecule has 1 N–H and O–H groups in total. The summed E-state index contributed by atoms with van der Waals surface area (Å²) in [5.41, 5.74) is 0. The van der Waals surface area contributed by atoms with E-state index >= 15 is 0 Å². The minimum absolute atomic E-state index is 0.424. The molecule has 0 amide bonds. The molecule has 1 aromatic rings. The highest BCUT2D eigenvalue weighted by Crippen LogP contribution is 2.38. The van der Waals surface area contributed by atoms with Gasteiger partial charge in [-0.1, -0.05) is 31.3 Å². The predicted molar refractivity (Wildman–Crippen MR) is 83.3 cm³/mol.